The maximum Gasteiger partial charge on any atom is 0.258 e. The fourth-order valence-corrected chi connectivity index (χ4v) is 2.69. The highest BCUT2D eigenvalue weighted by molar-refractivity contribution is 9.10. The van der Waals surface area contributed by atoms with Gasteiger partial charge in [-0.15, -0.1) is 12.4 Å². The van der Waals surface area contributed by atoms with E-state index in [-0.39, 0.29) is 18.4 Å². The Balaban J connectivity index is 0.00000161. The molecule has 0 amide bonds. The quantitative estimate of drug-likeness (QED) is 0.877. The molecule has 21 heavy (non-hydrogen) atoms. The molecule has 1 fully saturated rings. The number of aryl methyl sites for hydroxylation is 1. The molecule has 5 nitrogen and oxygen atoms in total. The number of halogens is 2. The zero-order valence-electron chi connectivity index (χ0n) is 12.0. The average Bonchev–Trinajstić information content (AvgIpc) is 2.92. The van der Waals surface area contributed by atoms with E-state index in [1.54, 1.807) is 0 Å². The van der Waals surface area contributed by atoms with Crippen molar-refractivity contribution in [1.29, 1.82) is 0 Å². The molecule has 2 heterocycles. The summed E-state index contributed by atoms with van der Waals surface area (Å²) in [6.07, 6.45) is 0. The number of nitrogens with zero attached hydrogens (tertiary/aromatic N) is 3. The van der Waals surface area contributed by atoms with Gasteiger partial charge in [-0.05, 0) is 31.7 Å². The summed E-state index contributed by atoms with van der Waals surface area (Å²) in [5.41, 5.74) is 2.12. The smallest absolute Gasteiger partial charge is 0.258 e. The number of hydrogen-bond acceptors (Lipinski definition) is 5. The Hall–Kier alpha value is -0.950. The van der Waals surface area contributed by atoms with Crippen molar-refractivity contribution in [2.75, 3.05) is 26.7 Å². The molecule has 1 aliphatic heterocycles. The van der Waals surface area contributed by atoms with Crippen LogP contribution < -0.4 is 5.32 Å². The Morgan fingerprint density at radius 2 is 2.24 bits per heavy atom. The van der Waals surface area contributed by atoms with Crippen LogP contribution in [0.3, 0.4) is 0 Å². The number of rotatable bonds is 2. The summed E-state index contributed by atoms with van der Waals surface area (Å²) in [6, 6.07) is 6.22. The van der Waals surface area contributed by atoms with Crippen LogP contribution in [0.2, 0.25) is 0 Å². The maximum atomic E-state index is 5.41. The summed E-state index contributed by atoms with van der Waals surface area (Å²) in [5.74, 6) is 1.31. The van der Waals surface area contributed by atoms with Crippen molar-refractivity contribution in [3.63, 3.8) is 0 Å². The average molecular weight is 374 g/mol. The molecule has 7 heteroatoms. The Kier molecular flexibility index (Phi) is 5.37. The number of likely N-dealkylation sites (N-methyl/N-ethyl adjacent to an activating group) is 1. The zero-order chi connectivity index (χ0) is 14.1. The lowest BCUT2D eigenvalue weighted by molar-refractivity contribution is 0.190. The van der Waals surface area contributed by atoms with E-state index in [1.807, 2.05) is 18.2 Å². The van der Waals surface area contributed by atoms with E-state index in [1.165, 1.54) is 5.56 Å². The Labute approximate surface area is 138 Å². The molecule has 1 unspecified atom stereocenters. The number of nitrogens with one attached hydrogen (secondary N) is 1. The minimum Gasteiger partial charge on any atom is -0.334 e. The first-order valence-corrected chi connectivity index (χ1v) is 7.45. The minimum atomic E-state index is 0. The summed E-state index contributed by atoms with van der Waals surface area (Å²) >= 11 is 3.53. The van der Waals surface area contributed by atoms with Gasteiger partial charge in [0.15, 0.2) is 5.82 Å². The van der Waals surface area contributed by atoms with Gasteiger partial charge in [-0.25, -0.2) is 0 Å². The maximum absolute atomic E-state index is 5.41. The normalized spacial score (nSPS) is 19.3. The van der Waals surface area contributed by atoms with Gasteiger partial charge in [-0.3, -0.25) is 4.90 Å². The zero-order valence-corrected chi connectivity index (χ0v) is 14.4. The van der Waals surface area contributed by atoms with Crippen LogP contribution in [0.1, 0.15) is 17.4 Å². The third-order valence-electron chi connectivity index (χ3n) is 3.67. The summed E-state index contributed by atoms with van der Waals surface area (Å²) in [5, 5.41) is 7.49. The third kappa shape index (κ3) is 3.45. The molecule has 1 N–H and O–H groups in total. The fraction of sp³-hybridized carbons (Fsp3) is 0.429. The molecule has 1 aromatic heterocycles. The van der Waals surface area contributed by atoms with Crippen molar-refractivity contribution < 1.29 is 4.52 Å². The molecule has 0 saturated carbocycles. The second kappa shape index (κ2) is 6.87. The molecule has 1 atom stereocenters. The number of hydrogen-bond donors (Lipinski definition) is 1. The number of benzene rings is 1. The molecule has 0 radical (unpaired) electrons. The lowest BCUT2D eigenvalue weighted by atomic mass is 10.1. The van der Waals surface area contributed by atoms with Gasteiger partial charge in [0, 0.05) is 29.7 Å². The van der Waals surface area contributed by atoms with Crippen molar-refractivity contribution in [3.05, 3.63) is 34.1 Å². The molecule has 2 aromatic rings. The number of aromatic nitrogens is 2. The summed E-state index contributed by atoms with van der Waals surface area (Å²) in [6.45, 7) is 4.90. The molecule has 3 rings (SSSR count). The van der Waals surface area contributed by atoms with Crippen LogP contribution in [-0.4, -0.2) is 41.7 Å². The lowest BCUT2D eigenvalue weighted by Gasteiger charge is -2.30. The monoisotopic (exact) mass is 372 g/mol. The summed E-state index contributed by atoms with van der Waals surface area (Å²) in [4.78, 5) is 6.79. The molecule has 1 aromatic carbocycles. The van der Waals surface area contributed by atoms with Crippen LogP contribution in [0.15, 0.2) is 27.2 Å². The second-order valence-electron chi connectivity index (χ2n) is 5.12. The van der Waals surface area contributed by atoms with Gasteiger partial charge in [0.05, 0.1) is 6.04 Å². The van der Waals surface area contributed by atoms with Crippen LogP contribution in [-0.2, 0) is 0 Å². The van der Waals surface area contributed by atoms with E-state index < -0.39 is 0 Å². The SMILES string of the molecule is Cc1ccc(-c2nc(C3CNCCN3C)no2)cc1Br.Cl. The van der Waals surface area contributed by atoms with Gasteiger partial charge >= 0.3 is 0 Å². The van der Waals surface area contributed by atoms with Crippen molar-refractivity contribution >= 4 is 28.3 Å². The van der Waals surface area contributed by atoms with Crippen molar-refractivity contribution in [3.8, 4) is 11.5 Å². The van der Waals surface area contributed by atoms with E-state index in [0.29, 0.717) is 5.89 Å². The molecular formula is C14H18BrClN4O. The van der Waals surface area contributed by atoms with Gasteiger partial charge in [-0.1, -0.05) is 27.2 Å². The highest BCUT2D eigenvalue weighted by Crippen LogP contribution is 2.26. The molecule has 0 spiro atoms. The fourth-order valence-electron chi connectivity index (χ4n) is 2.31. The highest BCUT2D eigenvalue weighted by Gasteiger charge is 2.25. The Morgan fingerprint density at radius 3 is 2.95 bits per heavy atom. The van der Waals surface area contributed by atoms with Gasteiger partial charge < -0.3 is 9.84 Å². The minimum absolute atomic E-state index is 0. The van der Waals surface area contributed by atoms with Crippen LogP contribution in [0.4, 0.5) is 0 Å². The predicted octanol–water partition coefficient (Wildman–Crippen LogP) is 2.81. The van der Waals surface area contributed by atoms with Crippen LogP contribution in [0.5, 0.6) is 0 Å². The predicted molar refractivity (Wildman–Crippen MR) is 87.7 cm³/mol. The standard InChI is InChI=1S/C14H17BrN4O.ClH/c1-9-3-4-10(7-11(9)15)14-17-13(18-20-14)12-8-16-5-6-19(12)2;/h3-4,7,12,16H,5-6,8H2,1-2H3;1H. The Morgan fingerprint density at radius 1 is 1.43 bits per heavy atom. The molecular weight excluding hydrogens is 356 g/mol. The van der Waals surface area contributed by atoms with E-state index >= 15 is 0 Å². The molecule has 0 bridgehead atoms. The van der Waals surface area contributed by atoms with E-state index in [0.717, 1.165) is 35.5 Å². The largest absolute Gasteiger partial charge is 0.334 e. The van der Waals surface area contributed by atoms with E-state index in [9.17, 15) is 0 Å². The van der Waals surface area contributed by atoms with Crippen molar-refractivity contribution in [2.24, 2.45) is 0 Å². The Bertz CT molecular complexity index is 619. The summed E-state index contributed by atoms with van der Waals surface area (Å²) < 4.78 is 6.46. The molecule has 1 aliphatic rings. The van der Waals surface area contributed by atoms with Gasteiger partial charge in [0.1, 0.15) is 0 Å². The molecule has 114 valence electrons. The van der Waals surface area contributed by atoms with Gasteiger partial charge in [-0.2, -0.15) is 4.98 Å². The molecule has 1 saturated heterocycles. The van der Waals surface area contributed by atoms with E-state index in [2.05, 4.69) is 50.3 Å². The second-order valence-corrected chi connectivity index (χ2v) is 5.98. The van der Waals surface area contributed by atoms with E-state index in [4.69, 9.17) is 4.52 Å². The van der Waals surface area contributed by atoms with Gasteiger partial charge in [0.25, 0.3) is 5.89 Å². The third-order valence-corrected chi connectivity index (χ3v) is 4.52. The van der Waals surface area contributed by atoms with Gasteiger partial charge in [0.2, 0.25) is 0 Å². The topological polar surface area (TPSA) is 54.2 Å². The van der Waals surface area contributed by atoms with Crippen LogP contribution >= 0.6 is 28.3 Å². The van der Waals surface area contributed by atoms with Crippen LogP contribution in [0, 0.1) is 6.92 Å². The first kappa shape index (κ1) is 16.4. The lowest BCUT2D eigenvalue weighted by Crippen LogP contribution is -2.44. The first-order chi connectivity index (χ1) is 9.65. The number of piperazine rings is 1. The first-order valence-electron chi connectivity index (χ1n) is 6.66. The van der Waals surface area contributed by atoms with Crippen molar-refractivity contribution in [2.45, 2.75) is 13.0 Å². The highest BCUT2D eigenvalue weighted by atomic mass is 79.9. The van der Waals surface area contributed by atoms with Crippen molar-refractivity contribution in [1.82, 2.24) is 20.4 Å². The summed E-state index contributed by atoms with van der Waals surface area (Å²) in [7, 11) is 2.09. The molecule has 0 aliphatic carbocycles. The van der Waals surface area contributed by atoms with Crippen LogP contribution in [0.25, 0.3) is 11.5 Å².